The van der Waals surface area contributed by atoms with Crippen LogP contribution in [0.1, 0.15) is 291 Å². The summed E-state index contributed by atoms with van der Waals surface area (Å²) in [7, 11) is 0. The van der Waals surface area contributed by atoms with E-state index in [1.54, 1.807) is 64.1 Å². The lowest BCUT2D eigenvalue weighted by atomic mass is 9.84. The van der Waals surface area contributed by atoms with Crippen LogP contribution in [0.2, 0.25) is 0 Å². The predicted octanol–water partition coefficient (Wildman–Crippen LogP) is 26.1. The van der Waals surface area contributed by atoms with Gasteiger partial charge in [-0.1, -0.05) is 251 Å². The Balaban J connectivity index is 0.000000578. The van der Waals surface area contributed by atoms with Gasteiger partial charge in [0.15, 0.2) is 5.89 Å². The van der Waals surface area contributed by atoms with Crippen LogP contribution >= 0.6 is 45.7 Å². The van der Waals surface area contributed by atoms with Crippen LogP contribution in [0.3, 0.4) is 0 Å². The summed E-state index contributed by atoms with van der Waals surface area (Å²) in [4.78, 5) is 28.4. The Morgan fingerprint density at radius 1 is 0.519 bits per heavy atom. The zero-order valence-corrected chi connectivity index (χ0v) is 74.7. The van der Waals surface area contributed by atoms with Crippen molar-refractivity contribution >= 4 is 68.9 Å². The first-order valence-electron chi connectivity index (χ1n) is 36.1. The number of aromatic amines is 1. The van der Waals surface area contributed by atoms with Crippen molar-refractivity contribution in [1.82, 2.24) is 39.1 Å². The topological polar surface area (TPSA) is 169 Å². The zero-order valence-electron chi connectivity index (χ0n) is 71.5. The van der Waals surface area contributed by atoms with Gasteiger partial charge in [-0.25, -0.2) is 15.0 Å². The van der Waals surface area contributed by atoms with Crippen LogP contribution in [-0.2, 0) is 37.9 Å². The highest BCUT2D eigenvalue weighted by Crippen LogP contribution is 2.34. The number of rotatable bonds is 4. The Morgan fingerprint density at radius 2 is 1.12 bits per heavy atom. The molecule has 576 valence electrons. The minimum atomic E-state index is 0.0846. The molecule has 104 heavy (non-hydrogen) atoms. The lowest BCUT2D eigenvalue weighted by Gasteiger charge is -2.20. The Kier molecular flexibility index (Phi) is 37.0. The number of oxazole rings is 1. The lowest BCUT2D eigenvalue weighted by molar-refractivity contribution is 0.327. The van der Waals surface area contributed by atoms with Gasteiger partial charge in [-0.15, -0.1) is 22.7 Å². The molecule has 10 rings (SSSR count). The van der Waals surface area contributed by atoms with Gasteiger partial charge in [0.05, 0.1) is 69.2 Å². The highest BCUT2D eigenvalue weighted by Gasteiger charge is 2.25. The predicted molar refractivity (Wildman–Crippen MR) is 459 cm³/mol. The molecule has 0 saturated carbocycles. The molecule has 0 saturated heterocycles. The number of nitrogens with one attached hydrogen (secondary N) is 1. The molecule has 0 aromatic carbocycles. The van der Waals surface area contributed by atoms with Crippen LogP contribution in [0.15, 0.2) is 145 Å². The van der Waals surface area contributed by atoms with E-state index in [1.807, 2.05) is 65.1 Å². The number of aromatic nitrogens is 8. The van der Waals surface area contributed by atoms with Gasteiger partial charge in [0, 0.05) is 90.3 Å². The Labute approximate surface area is 648 Å². The zero-order chi connectivity index (χ0) is 80.6. The molecule has 3 aliphatic heterocycles. The third-order valence-electron chi connectivity index (χ3n) is 15.5. The fourth-order valence-corrected chi connectivity index (χ4v) is 12.2. The van der Waals surface area contributed by atoms with Gasteiger partial charge in [0.1, 0.15) is 11.5 Å². The molecular formula is C87H137N11O2S4. The fraction of sp³-hybridized carbons (Fsp3) is 0.563. The number of thiazole rings is 2. The summed E-state index contributed by atoms with van der Waals surface area (Å²) in [6, 6.07) is 6.15. The average Bonchev–Trinajstić information content (AvgIpc) is 1.67. The maximum Gasteiger partial charge on any atom is 0.191 e. The number of H-pyrrole nitrogens is 1. The molecule has 0 aliphatic carbocycles. The van der Waals surface area contributed by atoms with Gasteiger partial charge in [0.2, 0.25) is 0 Å². The largest absolute Gasteiger partial charge is 0.445 e. The minimum absolute atomic E-state index is 0.0846. The quantitative estimate of drug-likeness (QED) is 0.180. The van der Waals surface area contributed by atoms with E-state index in [1.165, 1.54) is 43.5 Å². The summed E-state index contributed by atoms with van der Waals surface area (Å²) in [6.07, 6.45) is 18.4. The number of allylic oxidation sites excluding steroid dienone is 7. The van der Waals surface area contributed by atoms with Crippen molar-refractivity contribution in [1.29, 1.82) is 0 Å². The molecule has 0 fully saturated rings. The highest BCUT2D eigenvalue weighted by atomic mass is 32.1. The molecule has 3 aliphatic rings. The summed E-state index contributed by atoms with van der Waals surface area (Å²) in [6.45, 7) is 93.6. The van der Waals surface area contributed by atoms with Crippen molar-refractivity contribution in [2.24, 2.45) is 31.2 Å². The molecule has 0 radical (unpaired) electrons. The Bertz CT molecular complexity index is 3670. The molecule has 0 unspecified atom stereocenters. The van der Waals surface area contributed by atoms with E-state index in [0.717, 1.165) is 86.8 Å². The maximum atomic E-state index is 5.34. The lowest BCUT2D eigenvalue weighted by Crippen LogP contribution is -2.14. The SMILES string of the molecule is C=CC1=NC(C(C)(C)C)=CC1.C=CC1=NCC(C(C)(C)C)=C1.C=CC1=NCC=C1C(C)(C)C.C=Cc1cc(C(C)(C)C)[nH]n1.Cc1cc(C(C)(C)C)on1.Cc1cc(C(C)(C)C)sn1.Cc1nc(C(C)(C)C)cs1.Cc1ncc(C(C)(C)C)o1.Cc1ncc(C(C)(C)C)s1.Cc1nscc1C(C)(C)C. The monoisotopic (exact) mass is 1500 g/mol. The Hall–Kier alpha value is -6.66. The van der Waals surface area contributed by atoms with Crippen LogP contribution < -0.4 is 0 Å². The van der Waals surface area contributed by atoms with E-state index in [9.17, 15) is 0 Å². The summed E-state index contributed by atoms with van der Waals surface area (Å²) < 4.78 is 18.9. The number of nitrogens with zero attached hydrogens (tertiary/aromatic N) is 10. The molecule has 7 aromatic rings. The van der Waals surface area contributed by atoms with E-state index < -0.39 is 0 Å². The molecule has 0 bridgehead atoms. The van der Waals surface area contributed by atoms with Crippen molar-refractivity contribution in [3.8, 4) is 0 Å². The molecular weight excluding hydrogens is 1360 g/mol. The maximum absolute atomic E-state index is 5.34. The first kappa shape index (κ1) is 95.4. The van der Waals surface area contributed by atoms with E-state index in [0.29, 0.717) is 0 Å². The van der Waals surface area contributed by atoms with Crippen molar-refractivity contribution in [2.75, 3.05) is 13.1 Å². The molecule has 1 N–H and O–H groups in total. The molecule has 0 amide bonds. The molecule has 10 heterocycles. The summed E-state index contributed by atoms with van der Waals surface area (Å²) in [5, 5.41) is 17.4. The van der Waals surface area contributed by atoms with E-state index in [-0.39, 0.29) is 54.1 Å². The smallest absolute Gasteiger partial charge is 0.191 e. The number of aliphatic imine (C=N–C) groups is 3. The number of hydrogen-bond donors (Lipinski definition) is 1. The molecule has 17 heteroatoms. The fourth-order valence-electron chi connectivity index (χ4n) is 8.76. The van der Waals surface area contributed by atoms with Gasteiger partial charge in [-0.3, -0.25) is 20.1 Å². The van der Waals surface area contributed by atoms with Crippen molar-refractivity contribution < 1.29 is 8.94 Å². The van der Waals surface area contributed by atoms with Crippen LogP contribution in [0.25, 0.3) is 6.08 Å². The van der Waals surface area contributed by atoms with Crippen LogP contribution in [-0.4, -0.2) is 69.3 Å². The van der Waals surface area contributed by atoms with Gasteiger partial charge >= 0.3 is 0 Å². The van der Waals surface area contributed by atoms with E-state index in [2.05, 4.69) is 330 Å². The van der Waals surface area contributed by atoms with Gasteiger partial charge < -0.3 is 8.94 Å². The molecule has 7 aromatic heterocycles. The Morgan fingerprint density at radius 3 is 1.36 bits per heavy atom. The van der Waals surface area contributed by atoms with Crippen molar-refractivity contribution in [3.63, 3.8) is 0 Å². The highest BCUT2D eigenvalue weighted by molar-refractivity contribution is 7.11. The third-order valence-corrected chi connectivity index (χ3v) is 19.7. The number of aryl methyl sites for hydroxylation is 6. The summed E-state index contributed by atoms with van der Waals surface area (Å²) >= 11 is 6.65. The normalized spacial score (nSPS) is 13.8. The van der Waals surface area contributed by atoms with Crippen molar-refractivity contribution in [3.05, 3.63) is 198 Å². The second-order valence-electron chi connectivity index (χ2n) is 36.4. The third kappa shape index (κ3) is 36.1. The first-order valence-corrected chi connectivity index (χ1v) is 39.4. The van der Waals surface area contributed by atoms with E-state index >= 15 is 0 Å². The first-order chi connectivity index (χ1) is 47.2. The van der Waals surface area contributed by atoms with Crippen molar-refractivity contribution in [2.45, 2.75) is 294 Å². The number of hydrogen-bond acceptors (Lipinski definition) is 16. The van der Waals surface area contributed by atoms with Crippen LogP contribution in [0.5, 0.6) is 0 Å². The van der Waals surface area contributed by atoms with Gasteiger partial charge in [-0.05, 0) is 144 Å². The summed E-state index contributed by atoms with van der Waals surface area (Å²) in [5.41, 5.74) is 17.0. The second kappa shape index (κ2) is 40.3. The minimum Gasteiger partial charge on any atom is -0.445 e. The van der Waals surface area contributed by atoms with Crippen LogP contribution in [0, 0.1) is 57.8 Å². The van der Waals surface area contributed by atoms with E-state index in [4.69, 9.17) is 8.94 Å². The summed E-state index contributed by atoms with van der Waals surface area (Å²) in [5.74, 6) is 2.64. The van der Waals surface area contributed by atoms with Crippen LogP contribution in [0.4, 0.5) is 0 Å². The van der Waals surface area contributed by atoms with Gasteiger partial charge in [0.25, 0.3) is 0 Å². The average molecular weight is 1500 g/mol. The molecule has 13 nitrogen and oxygen atoms in total. The molecule has 0 spiro atoms. The standard InChI is InChI=1S/3C10H15N.C9H14N2.2C8H13NO.4C8H13NS/c1-5-9-6-8(7-11-9)10(2,3)4;1-5-9-8(6-7-11-9)10(2,3)4;1-5-8-6-7-9(11-8)10(2,3)4;1-5-7-6-8(11-10-7)9(2,3)4;1-6-9-5-7(10-6)8(2,3)4;1-6-5-7(10-9-6)8(2,3)4;1-6-9-7(5-10-6)8(2,3)4;1-6-9-5-7(10-6)8(2,3)4;1-6-7(5-10-9-6)8(2,3)4;1-6-5-7(10-9-6)8(2,3)4/h2*5-6H,1,7H2,2-4H3;5,7H,1,6H2,2-4H3;5-6H,1H2,2-4H3,(H,10,11);6*5H,1-4H3. The van der Waals surface area contributed by atoms with Gasteiger partial charge in [-0.2, -0.15) is 13.8 Å². The molecule has 0 atom stereocenters. The second-order valence-corrected chi connectivity index (χ2v) is 40.1.